The molecule has 6 rings (SSSR count). The normalized spacial score (nSPS) is 13.2. The van der Waals surface area contributed by atoms with Crippen LogP contribution in [0, 0.1) is 0 Å². The highest BCUT2D eigenvalue weighted by molar-refractivity contribution is 6.08. The van der Waals surface area contributed by atoms with E-state index >= 15 is 0 Å². The van der Waals surface area contributed by atoms with Crippen molar-refractivity contribution in [2.75, 3.05) is 11.4 Å². The van der Waals surface area contributed by atoms with E-state index in [2.05, 4.69) is 34.8 Å². The van der Waals surface area contributed by atoms with Crippen molar-refractivity contribution in [2.45, 2.75) is 13.0 Å². The lowest BCUT2D eigenvalue weighted by molar-refractivity contribution is 0.103. The summed E-state index contributed by atoms with van der Waals surface area (Å²) in [5.74, 6) is 1.77. The summed E-state index contributed by atoms with van der Waals surface area (Å²) in [6, 6.07) is 14.5. The molecule has 0 saturated carbocycles. The summed E-state index contributed by atoms with van der Waals surface area (Å²) >= 11 is 0. The second-order valence-electron chi connectivity index (χ2n) is 7.74. The molecule has 33 heavy (non-hydrogen) atoms. The lowest BCUT2D eigenvalue weighted by Crippen LogP contribution is -2.31. The molecule has 1 aliphatic rings. The van der Waals surface area contributed by atoms with Crippen molar-refractivity contribution < 1.29 is 9.53 Å². The minimum atomic E-state index is -0.180. The van der Waals surface area contributed by atoms with Crippen molar-refractivity contribution in [2.24, 2.45) is 0 Å². The van der Waals surface area contributed by atoms with E-state index in [1.165, 1.54) is 0 Å². The Morgan fingerprint density at radius 2 is 1.85 bits per heavy atom. The number of hydrogen-bond donors (Lipinski definition) is 2. The van der Waals surface area contributed by atoms with Crippen LogP contribution in [0.15, 0.2) is 67.3 Å². The van der Waals surface area contributed by atoms with Crippen LogP contribution in [0.2, 0.25) is 0 Å². The molecule has 0 bridgehead atoms. The SMILES string of the molecule is O=C(c1ccc(Oc2nccnc2N2CCc3[nH]cnc3C2)cc1)c1nc2ccccc2[nH]1. The van der Waals surface area contributed by atoms with Gasteiger partial charge in [0.25, 0.3) is 5.88 Å². The number of hydrogen-bond acceptors (Lipinski definition) is 7. The van der Waals surface area contributed by atoms with Crippen LogP contribution in [0.3, 0.4) is 0 Å². The zero-order valence-corrected chi connectivity index (χ0v) is 17.5. The van der Waals surface area contributed by atoms with E-state index in [9.17, 15) is 4.79 Å². The predicted octanol–water partition coefficient (Wildman–Crippen LogP) is 3.66. The molecule has 5 aromatic rings. The fraction of sp³-hybridized carbons (Fsp3) is 0.125. The smallest absolute Gasteiger partial charge is 0.263 e. The first-order valence-corrected chi connectivity index (χ1v) is 10.6. The van der Waals surface area contributed by atoms with Gasteiger partial charge in [-0.25, -0.2) is 19.9 Å². The summed E-state index contributed by atoms with van der Waals surface area (Å²) in [6.07, 6.45) is 5.82. The second-order valence-corrected chi connectivity index (χ2v) is 7.74. The molecule has 0 radical (unpaired) electrons. The minimum Gasteiger partial charge on any atom is -0.436 e. The van der Waals surface area contributed by atoms with Crippen LogP contribution in [-0.2, 0) is 13.0 Å². The van der Waals surface area contributed by atoms with Crippen LogP contribution in [0.25, 0.3) is 11.0 Å². The monoisotopic (exact) mass is 437 g/mol. The summed E-state index contributed by atoms with van der Waals surface area (Å²) in [7, 11) is 0. The molecule has 162 valence electrons. The molecule has 9 nitrogen and oxygen atoms in total. The number of aromatic nitrogens is 6. The zero-order chi connectivity index (χ0) is 22.2. The second kappa shape index (κ2) is 7.86. The number of para-hydroxylation sites is 2. The standard InChI is InChI=1S/C24H19N7O2/c32-21(22-29-18-3-1-2-4-19(18)30-22)15-5-7-16(8-6-15)33-24-23(25-10-11-26-24)31-12-9-17-20(13-31)28-14-27-17/h1-8,10-11,14H,9,12-13H2,(H,27,28)(H,29,30). The maximum absolute atomic E-state index is 12.9. The number of fused-ring (bicyclic) bond motifs is 2. The number of anilines is 1. The Bertz CT molecular complexity index is 1420. The molecule has 0 spiro atoms. The van der Waals surface area contributed by atoms with E-state index < -0.39 is 0 Å². The van der Waals surface area contributed by atoms with Crippen LogP contribution in [-0.4, -0.2) is 42.2 Å². The van der Waals surface area contributed by atoms with Gasteiger partial charge in [0.15, 0.2) is 11.6 Å². The van der Waals surface area contributed by atoms with E-state index in [-0.39, 0.29) is 5.78 Å². The molecule has 2 N–H and O–H groups in total. The Balaban J connectivity index is 1.21. The number of rotatable bonds is 5. The van der Waals surface area contributed by atoms with E-state index in [0.29, 0.717) is 35.4 Å². The molecule has 0 atom stereocenters. The first-order chi connectivity index (χ1) is 16.2. The Kier molecular flexibility index (Phi) is 4.57. The molecule has 3 aromatic heterocycles. The van der Waals surface area contributed by atoms with Crippen molar-refractivity contribution in [1.82, 2.24) is 29.9 Å². The number of nitrogens with zero attached hydrogens (tertiary/aromatic N) is 5. The van der Waals surface area contributed by atoms with Gasteiger partial charge in [-0.15, -0.1) is 0 Å². The number of nitrogens with one attached hydrogen (secondary N) is 2. The molecular weight excluding hydrogens is 418 g/mol. The van der Waals surface area contributed by atoms with Crippen molar-refractivity contribution >= 4 is 22.6 Å². The van der Waals surface area contributed by atoms with Gasteiger partial charge in [0.05, 0.1) is 29.6 Å². The fourth-order valence-corrected chi connectivity index (χ4v) is 3.98. The zero-order valence-electron chi connectivity index (χ0n) is 17.5. The molecule has 0 saturated heterocycles. The quantitative estimate of drug-likeness (QED) is 0.404. The highest BCUT2D eigenvalue weighted by atomic mass is 16.5. The molecule has 0 aliphatic carbocycles. The topological polar surface area (TPSA) is 113 Å². The van der Waals surface area contributed by atoms with Gasteiger partial charge in [-0.1, -0.05) is 12.1 Å². The van der Waals surface area contributed by atoms with Crippen molar-refractivity contribution in [1.29, 1.82) is 0 Å². The van der Waals surface area contributed by atoms with Crippen LogP contribution in [0.4, 0.5) is 5.82 Å². The third-order valence-electron chi connectivity index (χ3n) is 5.66. The van der Waals surface area contributed by atoms with Crippen LogP contribution >= 0.6 is 0 Å². The lowest BCUT2D eigenvalue weighted by atomic mass is 10.1. The molecule has 0 amide bonds. The molecule has 4 heterocycles. The highest BCUT2D eigenvalue weighted by Gasteiger charge is 2.23. The van der Waals surface area contributed by atoms with Gasteiger partial charge < -0.3 is 19.6 Å². The number of benzene rings is 2. The number of imidazole rings is 2. The average Bonchev–Trinajstić information content (AvgIpc) is 3.51. The van der Waals surface area contributed by atoms with Gasteiger partial charge >= 0.3 is 0 Å². The van der Waals surface area contributed by atoms with Gasteiger partial charge in [0.2, 0.25) is 5.78 Å². The third kappa shape index (κ3) is 3.59. The van der Waals surface area contributed by atoms with Crippen molar-refractivity contribution in [3.63, 3.8) is 0 Å². The predicted molar refractivity (Wildman–Crippen MR) is 121 cm³/mol. The fourth-order valence-electron chi connectivity index (χ4n) is 3.98. The molecular formula is C24H19N7O2. The van der Waals surface area contributed by atoms with E-state index in [0.717, 1.165) is 35.4 Å². The summed E-state index contributed by atoms with van der Waals surface area (Å²) < 4.78 is 6.04. The Morgan fingerprint density at radius 1 is 1.00 bits per heavy atom. The average molecular weight is 437 g/mol. The Hall–Kier alpha value is -4.53. The van der Waals surface area contributed by atoms with E-state index in [4.69, 9.17) is 4.74 Å². The first-order valence-electron chi connectivity index (χ1n) is 10.6. The minimum absolute atomic E-state index is 0.180. The van der Waals surface area contributed by atoms with Crippen molar-refractivity contribution in [3.05, 3.63) is 90.0 Å². The van der Waals surface area contributed by atoms with Gasteiger partial charge in [-0.2, -0.15) is 0 Å². The highest BCUT2D eigenvalue weighted by Crippen LogP contribution is 2.31. The molecule has 0 fully saturated rings. The van der Waals surface area contributed by atoms with E-state index in [1.807, 2.05) is 24.3 Å². The first kappa shape index (κ1) is 19.2. The number of ketones is 1. The van der Waals surface area contributed by atoms with Gasteiger partial charge in [0, 0.05) is 36.6 Å². The summed E-state index contributed by atoms with van der Waals surface area (Å²) in [5, 5.41) is 0. The van der Waals surface area contributed by atoms with Gasteiger partial charge in [0.1, 0.15) is 5.75 Å². The lowest BCUT2D eigenvalue weighted by Gasteiger charge is -2.27. The Labute approximate surface area is 188 Å². The molecule has 1 aliphatic heterocycles. The molecule has 9 heteroatoms. The number of carbonyl (C=O) groups excluding carboxylic acids is 1. The van der Waals surface area contributed by atoms with Crippen molar-refractivity contribution in [3.8, 4) is 11.6 Å². The van der Waals surface area contributed by atoms with Crippen LogP contribution in [0.5, 0.6) is 11.6 Å². The molecule has 0 unspecified atom stereocenters. The van der Waals surface area contributed by atoms with Gasteiger partial charge in [-0.05, 0) is 36.4 Å². The number of ether oxygens (including phenoxy) is 1. The molecule has 2 aromatic carbocycles. The maximum Gasteiger partial charge on any atom is 0.263 e. The maximum atomic E-state index is 12.9. The third-order valence-corrected chi connectivity index (χ3v) is 5.66. The summed E-state index contributed by atoms with van der Waals surface area (Å²) in [4.78, 5) is 38.9. The largest absolute Gasteiger partial charge is 0.436 e. The van der Waals surface area contributed by atoms with Gasteiger partial charge in [-0.3, -0.25) is 4.79 Å². The van der Waals surface area contributed by atoms with Crippen LogP contribution in [0.1, 0.15) is 27.6 Å². The van der Waals surface area contributed by atoms with E-state index in [1.54, 1.807) is 43.0 Å². The summed E-state index contributed by atoms with van der Waals surface area (Å²) in [5.41, 5.74) is 4.27. The summed E-state index contributed by atoms with van der Waals surface area (Å²) in [6.45, 7) is 1.42. The van der Waals surface area contributed by atoms with Crippen LogP contribution < -0.4 is 9.64 Å². The Morgan fingerprint density at radius 3 is 2.73 bits per heavy atom. The number of carbonyl (C=O) groups is 1. The number of aromatic amines is 2. The number of H-pyrrole nitrogens is 2.